The van der Waals surface area contributed by atoms with E-state index in [4.69, 9.17) is 18.9 Å². The minimum Gasteiger partial charge on any atom is -0.493 e. The third-order valence-corrected chi connectivity index (χ3v) is 7.03. The first-order valence-electron chi connectivity index (χ1n) is 11.9. The van der Waals surface area contributed by atoms with Crippen LogP contribution in [0.1, 0.15) is 79.3 Å². The van der Waals surface area contributed by atoms with Crippen LogP contribution in [0.2, 0.25) is 0 Å². The van der Waals surface area contributed by atoms with Crippen molar-refractivity contribution in [1.29, 1.82) is 0 Å². The minimum absolute atomic E-state index is 0.0889. The van der Waals surface area contributed by atoms with Gasteiger partial charge in [0.1, 0.15) is 23.7 Å². The molecule has 0 bridgehead atoms. The van der Waals surface area contributed by atoms with E-state index >= 15 is 0 Å². The van der Waals surface area contributed by atoms with E-state index in [0.717, 1.165) is 48.8 Å². The maximum Gasteiger partial charge on any atom is 0.312 e. The predicted octanol–water partition coefficient (Wildman–Crippen LogP) is 5.76. The van der Waals surface area contributed by atoms with Gasteiger partial charge >= 0.3 is 5.97 Å². The average molecular weight is 463 g/mol. The molecule has 0 N–H and O–H groups in total. The molecule has 178 valence electrons. The van der Waals surface area contributed by atoms with E-state index in [1.165, 1.54) is 0 Å². The molecule has 0 radical (unpaired) electrons. The molecule has 0 amide bonds. The summed E-state index contributed by atoms with van der Waals surface area (Å²) in [4.78, 5) is 25.9. The molecular formula is C28H30O6. The van der Waals surface area contributed by atoms with Crippen molar-refractivity contribution >= 4 is 11.8 Å². The number of methoxy groups -OCH3 is 1. The van der Waals surface area contributed by atoms with Crippen molar-refractivity contribution in [2.75, 3.05) is 13.7 Å². The largest absolute Gasteiger partial charge is 0.493 e. The highest BCUT2D eigenvalue weighted by molar-refractivity contribution is 6.01. The lowest BCUT2D eigenvalue weighted by atomic mass is 9.76. The number of carbonyl (C=O) groups is 2. The van der Waals surface area contributed by atoms with Gasteiger partial charge in [-0.05, 0) is 56.4 Å². The van der Waals surface area contributed by atoms with Crippen molar-refractivity contribution in [3.63, 3.8) is 0 Å². The van der Waals surface area contributed by atoms with Crippen LogP contribution in [0.4, 0.5) is 0 Å². The summed E-state index contributed by atoms with van der Waals surface area (Å²) in [6.07, 6.45) is 5.49. The van der Waals surface area contributed by atoms with Gasteiger partial charge in [0, 0.05) is 17.0 Å². The Morgan fingerprint density at radius 2 is 1.94 bits per heavy atom. The molecule has 2 heterocycles. The molecule has 6 heteroatoms. The number of Topliss-reactive ketones (excluding diaryl/α,β-unsaturated/α-hetero) is 1. The monoisotopic (exact) mass is 462 g/mol. The molecule has 0 aromatic heterocycles. The summed E-state index contributed by atoms with van der Waals surface area (Å²) in [5.41, 5.74) is 2.49. The third-order valence-electron chi connectivity index (χ3n) is 7.03. The van der Waals surface area contributed by atoms with Crippen LogP contribution in [0.25, 0.3) is 0 Å². The van der Waals surface area contributed by atoms with Crippen LogP contribution in [0.15, 0.2) is 42.5 Å². The molecule has 2 aromatic rings. The van der Waals surface area contributed by atoms with Crippen LogP contribution < -0.4 is 18.9 Å². The van der Waals surface area contributed by atoms with Gasteiger partial charge < -0.3 is 18.9 Å². The Hall–Kier alpha value is -3.28. The van der Waals surface area contributed by atoms with E-state index in [1.807, 2.05) is 25.1 Å². The first-order chi connectivity index (χ1) is 16.4. The summed E-state index contributed by atoms with van der Waals surface area (Å²) >= 11 is 0. The Balaban J connectivity index is 1.66. The number of esters is 1. The van der Waals surface area contributed by atoms with E-state index in [0.29, 0.717) is 41.6 Å². The van der Waals surface area contributed by atoms with Crippen molar-refractivity contribution in [2.24, 2.45) is 0 Å². The molecule has 1 atom stereocenters. The Morgan fingerprint density at radius 3 is 2.68 bits per heavy atom. The number of benzene rings is 2. The lowest BCUT2D eigenvalue weighted by Crippen LogP contribution is -2.44. The summed E-state index contributed by atoms with van der Waals surface area (Å²) < 4.78 is 24.1. The third kappa shape index (κ3) is 3.95. The molecule has 1 aliphatic carbocycles. The van der Waals surface area contributed by atoms with E-state index in [2.05, 4.69) is 6.58 Å². The normalized spacial score (nSPS) is 20.6. The molecule has 5 rings (SSSR count). The highest BCUT2D eigenvalue weighted by Crippen LogP contribution is 2.53. The second kappa shape index (κ2) is 8.82. The van der Waals surface area contributed by atoms with Gasteiger partial charge in [-0.2, -0.15) is 0 Å². The molecule has 6 nitrogen and oxygen atoms in total. The molecular weight excluding hydrogens is 432 g/mol. The maximum absolute atomic E-state index is 13.3. The summed E-state index contributed by atoms with van der Waals surface area (Å²) in [6, 6.07) is 9.09. The molecule has 3 aliphatic rings. The van der Waals surface area contributed by atoms with Crippen LogP contribution in [0, 0.1) is 0 Å². The van der Waals surface area contributed by atoms with Crippen molar-refractivity contribution in [3.8, 4) is 23.0 Å². The number of ketones is 1. The molecule has 0 saturated heterocycles. The molecule has 34 heavy (non-hydrogen) atoms. The first-order valence-corrected chi connectivity index (χ1v) is 11.9. The second-order valence-corrected chi connectivity index (χ2v) is 9.65. The molecule has 1 saturated carbocycles. The quantitative estimate of drug-likeness (QED) is 0.320. The van der Waals surface area contributed by atoms with Gasteiger partial charge in [-0.3, -0.25) is 9.59 Å². The van der Waals surface area contributed by atoms with Crippen LogP contribution in [0.3, 0.4) is 0 Å². The number of fused-ring (bicyclic) bond motifs is 3. The first kappa shape index (κ1) is 22.5. The number of carbonyl (C=O) groups excluding carboxylic acids is 2. The van der Waals surface area contributed by atoms with E-state index in [9.17, 15) is 9.59 Å². The van der Waals surface area contributed by atoms with Gasteiger partial charge in [0.2, 0.25) is 0 Å². The molecule has 1 spiro atoms. The minimum atomic E-state index is -0.475. The van der Waals surface area contributed by atoms with Crippen LogP contribution in [-0.4, -0.2) is 31.1 Å². The highest BCUT2D eigenvalue weighted by Gasteiger charge is 2.45. The van der Waals surface area contributed by atoms with Crippen LogP contribution in [0.5, 0.6) is 23.0 Å². The van der Waals surface area contributed by atoms with Gasteiger partial charge in [0.15, 0.2) is 17.3 Å². The van der Waals surface area contributed by atoms with Crippen molar-refractivity contribution in [3.05, 3.63) is 59.2 Å². The van der Waals surface area contributed by atoms with E-state index in [1.54, 1.807) is 19.2 Å². The lowest BCUT2D eigenvalue weighted by Gasteiger charge is -2.42. The lowest BCUT2D eigenvalue weighted by molar-refractivity contribution is -0.135. The van der Waals surface area contributed by atoms with Gasteiger partial charge in [-0.1, -0.05) is 25.1 Å². The maximum atomic E-state index is 13.3. The van der Waals surface area contributed by atoms with Crippen LogP contribution >= 0.6 is 0 Å². The highest BCUT2D eigenvalue weighted by atomic mass is 16.5. The van der Waals surface area contributed by atoms with Gasteiger partial charge in [0.25, 0.3) is 0 Å². The standard InChI is InChI=1S/C28H30O6/c1-17(2)16-32-26-18(8-7-9-23(26)31-3)20-14-24(30)33-22-11-10-19-21(29)15-28(12-5-4-6-13-28)34-27(19)25(20)22/h7-11,20H,1,4-6,12-16H2,2-3H3. The van der Waals surface area contributed by atoms with Crippen molar-refractivity contribution < 1.29 is 28.5 Å². The fourth-order valence-corrected chi connectivity index (χ4v) is 5.46. The smallest absolute Gasteiger partial charge is 0.312 e. The summed E-state index contributed by atoms with van der Waals surface area (Å²) in [5.74, 6) is 1.49. The Bertz CT molecular complexity index is 1160. The summed E-state index contributed by atoms with van der Waals surface area (Å²) in [5, 5.41) is 0. The fraction of sp³-hybridized carbons (Fsp3) is 0.429. The number of hydrogen-bond donors (Lipinski definition) is 0. The van der Waals surface area contributed by atoms with Gasteiger partial charge in [-0.25, -0.2) is 0 Å². The second-order valence-electron chi connectivity index (χ2n) is 9.65. The van der Waals surface area contributed by atoms with Crippen molar-refractivity contribution in [2.45, 2.75) is 63.4 Å². The predicted molar refractivity (Wildman–Crippen MR) is 127 cm³/mol. The Morgan fingerprint density at radius 1 is 1.15 bits per heavy atom. The molecule has 2 aromatic carbocycles. The van der Waals surface area contributed by atoms with E-state index < -0.39 is 11.5 Å². The summed E-state index contributed by atoms with van der Waals surface area (Å²) in [7, 11) is 1.59. The van der Waals surface area contributed by atoms with Gasteiger partial charge in [-0.15, -0.1) is 0 Å². The number of ether oxygens (including phenoxy) is 4. The van der Waals surface area contributed by atoms with Crippen LogP contribution in [-0.2, 0) is 4.79 Å². The number of para-hydroxylation sites is 1. The zero-order chi connectivity index (χ0) is 23.9. The van der Waals surface area contributed by atoms with E-state index in [-0.39, 0.29) is 18.2 Å². The topological polar surface area (TPSA) is 71.1 Å². The molecule has 1 fully saturated rings. The number of hydrogen-bond acceptors (Lipinski definition) is 6. The molecule has 2 aliphatic heterocycles. The average Bonchev–Trinajstić information content (AvgIpc) is 2.82. The zero-order valence-corrected chi connectivity index (χ0v) is 19.8. The molecule has 1 unspecified atom stereocenters. The van der Waals surface area contributed by atoms with Crippen molar-refractivity contribution in [1.82, 2.24) is 0 Å². The summed E-state index contributed by atoms with van der Waals surface area (Å²) in [6.45, 7) is 6.15. The SMILES string of the molecule is C=C(C)COc1c(OC)cccc1C1CC(=O)Oc2ccc3c(c21)OC1(CCCCC1)CC3=O. The zero-order valence-electron chi connectivity index (χ0n) is 19.8. The van der Waals surface area contributed by atoms with Gasteiger partial charge in [0.05, 0.1) is 25.5 Å². The number of rotatable bonds is 5. The Kier molecular flexibility index (Phi) is 5.84. The fourth-order valence-electron chi connectivity index (χ4n) is 5.46. The Labute approximate surface area is 199 Å².